The van der Waals surface area contributed by atoms with Crippen LogP contribution in [-0.4, -0.2) is 23.0 Å². The molecule has 0 heterocycles. The number of carboxylic acids is 1. The second-order valence-electron chi connectivity index (χ2n) is 6.01. The maximum Gasteiger partial charge on any atom is 0.306 e. The Morgan fingerprint density at radius 1 is 1.20 bits per heavy atom. The van der Waals surface area contributed by atoms with Crippen molar-refractivity contribution in [1.82, 2.24) is 5.32 Å². The van der Waals surface area contributed by atoms with Gasteiger partial charge in [-0.2, -0.15) is 0 Å². The lowest BCUT2D eigenvalue weighted by molar-refractivity contribution is -0.141. The van der Waals surface area contributed by atoms with Crippen molar-refractivity contribution in [3.8, 4) is 0 Å². The molecular weight excluding hydrogens is 254 g/mol. The van der Waals surface area contributed by atoms with Gasteiger partial charge in [0.15, 0.2) is 0 Å². The van der Waals surface area contributed by atoms with E-state index < -0.39 is 11.4 Å². The number of nitrogens with one attached hydrogen (secondary N) is 1. The number of carbonyl (C=O) groups excluding carboxylic acids is 1. The van der Waals surface area contributed by atoms with Crippen LogP contribution in [-0.2, 0) is 15.0 Å². The summed E-state index contributed by atoms with van der Waals surface area (Å²) in [6.45, 7) is 3.78. The monoisotopic (exact) mass is 275 g/mol. The maximum atomic E-state index is 12.4. The Morgan fingerprint density at radius 3 is 2.40 bits per heavy atom. The van der Waals surface area contributed by atoms with E-state index in [9.17, 15) is 9.59 Å². The lowest BCUT2D eigenvalue weighted by atomic mass is 9.83. The molecule has 20 heavy (non-hydrogen) atoms. The van der Waals surface area contributed by atoms with Gasteiger partial charge in [-0.15, -0.1) is 0 Å². The van der Waals surface area contributed by atoms with E-state index >= 15 is 0 Å². The van der Waals surface area contributed by atoms with Gasteiger partial charge in [-0.3, -0.25) is 9.59 Å². The molecule has 1 aliphatic rings. The molecule has 2 rings (SSSR count). The molecule has 2 unspecified atom stereocenters. The highest BCUT2D eigenvalue weighted by Crippen LogP contribution is 2.28. The van der Waals surface area contributed by atoms with E-state index in [1.165, 1.54) is 0 Å². The molecule has 1 fully saturated rings. The summed E-state index contributed by atoms with van der Waals surface area (Å²) in [5.41, 5.74) is 0.355. The van der Waals surface area contributed by atoms with Crippen LogP contribution in [0.1, 0.15) is 38.7 Å². The first kappa shape index (κ1) is 14.6. The Morgan fingerprint density at radius 2 is 1.85 bits per heavy atom. The van der Waals surface area contributed by atoms with Crippen molar-refractivity contribution >= 4 is 11.9 Å². The zero-order valence-electron chi connectivity index (χ0n) is 11.9. The van der Waals surface area contributed by atoms with E-state index in [1.807, 2.05) is 44.2 Å². The maximum absolute atomic E-state index is 12.4. The van der Waals surface area contributed by atoms with Crippen molar-refractivity contribution in [3.05, 3.63) is 35.9 Å². The highest BCUT2D eigenvalue weighted by molar-refractivity contribution is 5.87. The van der Waals surface area contributed by atoms with Gasteiger partial charge < -0.3 is 10.4 Å². The van der Waals surface area contributed by atoms with Crippen LogP contribution >= 0.6 is 0 Å². The van der Waals surface area contributed by atoms with E-state index in [2.05, 4.69) is 5.32 Å². The molecule has 1 amide bonds. The van der Waals surface area contributed by atoms with Gasteiger partial charge in [-0.1, -0.05) is 30.3 Å². The van der Waals surface area contributed by atoms with Crippen LogP contribution in [0.5, 0.6) is 0 Å². The third-order valence-corrected chi connectivity index (χ3v) is 4.18. The quantitative estimate of drug-likeness (QED) is 0.886. The van der Waals surface area contributed by atoms with Gasteiger partial charge in [0, 0.05) is 6.04 Å². The average Bonchev–Trinajstić information content (AvgIpc) is 2.88. The number of carbonyl (C=O) groups is 2. The van der Waals surface area contributed by atoms with Crippen LogP contribution in [0.25, 0.3) is 0 Å². The van der Waals surface area contributed by atoms with Crippen molar-refractivity contribution in [2.75, 3.05) is 0 Å². The Labute approximate surface area is 119 Å². The van der Waals surface area contributed by atoms with E-state index in [1.54, 1.807) is 0 Å². The number of amides is 1. The Balaban J connectivity index is 2.00. The topological polar surface area (TPSA) is 66.4 Å². The molecule has 4 nitrogen and oxygen atoms in total. The molecular formula is C16H21NO3. The summed E-state index contributed by atoms with van der Waals surface area (Å²) in [6.07, 6.45) is 1.92. The zero-order valence-corrected chi connectivity index (χ0v) is 11.9. The highest BCUT2D eigenvalue weighted by Gasteiger charge is 2.35. The van der Waals surface area contributed by atoms with Crippen LogP contribution < -0.4 is 5.32 Å². The molecule has 108 valence electrons. The lowest BCUT2D eigenvalue weighted by Gasteiger charge is -2.26. The van der Waals surface area contributed by atoms with Crippen LogP contribution in [0.3, 0.4) is 0 Å². The largest absolute Gasteiger partial charge is 0.481 e. The second kappa shape index (κ2) is 5.65. The number of hydrogen-bond acceptors (Lipinski definition) is 2. The number of aliphatic carboxylic acids is 1. The van der Waals surface area contributed by atoms with Crippen molar-refractivity contribution in [1.29, 1.82) is 0 Å². The molecule has 1 aromatic carbocycles. The molecule has 4 heteroatoms. The molecule has 0 aliphatic heterocycles. The number of rotatable bonds is 4. The van der Waals surface area contributed by atoms with Gasteiger partial charge in [-0.25, -0.2) is 0 Å². The predicted octanol–water partition coefficient (Wildman–Crippen LogP) is 2.33. The van der Waals surface area contributed by atoms with Gasteiger partial charge in [0.1, 0.15) is 0 Å². The fourth-order valence-electron chi connectivity index (χ4n) is 2.69. The van der Waals surface area contributed by atoms with E-state index in [0.29, 0.717) is 12.8 Å². The van der Waals surface area contributed by atoms with E-state index in [-0.39, 0.29) is 17.9 Å². The summed E-state index contributed by atoms with van der Waals surface area (Å²) < 4.78 is 0. The first-order valence-corrected chi connectivity index (χ1v) is 7.00. The summed E-state index contributed by atoms with van der Waals surface area (Å²) in [5.74, 6) is -1.12. The predicted molar refractivity (Wildman–Crippen MR) is 76.4 cm³/mol. The van der Waals surface area contributed by atoms with Crippen molar-refractivity contribution in [2.45, 2.75) is 44.6 Å². The Hall–Kier alpha value is -1.84. The Bertz CT molecular complexity index is 496. The fourth-order valence-corrected chi connectivity index (χ4v) is 2.69. The van der Waals surface area contributed by atoms with Gasteiger partial charge in [0.25, 0.3) is 0 Å². The first-order chi connectivity index (χ1) is 9.41. The SMILES string of the molecule is CC(C)(C(=O)NC1CCC(C(=O)O)C1)c1ccccc1. The minimum Gasteiger partial charge on any atom is -0.481 e. The number of carboxylic acid groups (broad SMARTS) is 1. The molecule has 1 saturated carbocycles. The van der Waals surface area contributed by atoms with Gasteiger partial charge >= 0.3 is 5.97 Å². The molecule has 0 bridgehead atoms. The van der Waals surface area contributed by atoms with Gasteiger partial charge in [0.2, 0.25) is 5.91 Å². The van der Waals surface area contributed by atoms with E-state index in [0.717, 1.165) is 12.0 Å². The second-order valence-corrected chi connectivity index (χ2v) is 6.01. The van der Waals surface area contributed by atoms with E-state index in [4.69, 9.17) is 5.11 Å². The molecule has 0 saturated heterocycles. The Kier molecular flexibility index (Phi) is 4.12. The van der Waals surface area contributed by atoms with Crippen LogP contribution in [0.2, 0.25) is 0 Å². The third-order valence-electron chi connectivity index (χ3n) is 4.18. The minimum absolute atomic E-state index is 0.0217. The molecule has 0 aromatic heterocycles. The first-order valence-electron chi connectivity index (χ1n) is 7.00. The summed E-state index contributed by atoms with van der Waals surface area (Å²) in [4.78, 5) is 23.4. The molecule has 1 aliphatic carbocycles. The van der Waals surface area contributed by atoms with Crippen LogP contribution in [0.4, 0.5) is 0 Å². The minimum atomic E-state index is -0.760. The lowest BCUT2D eigenvalue weighted by Crippen LogP contribution is -2.44. The normalized spacial score (nSPS) is 22.5. The zero-order chi connectivity index (χ0) is 14.8. The van der Waals surface area contributed by atoms with Crippen LogP contribution in [0, 0.1) is 5.92 Å². The third kappa shape index (κ3) is 3.00. The fraction of sp³-hybridized carbons (Fsp3) is 0.500. The van der Waals surface area contributed by atoms with Crippen molar-refractivity contribution in [3.63, 3.8) is 0 Å². The number of benzene rings is 1. The average molecular weight is 275 g/mol. The number of hydrogen-bond donors (Lipinski definition) is 2. The summed E-state index contributed by atoms with van der Waals surface area (Å²) in [6, 6.07) is 9.61. The van der Waals surface area contributed by atoms with Crippen molar-refractivity contribution < 1.29 is 14.7 Å². The molecule has 2 N–H and O–H groups in total. The summed E-state index contributed by atoms with van der Waals surface area (Å²) in [7, 11) is 0. The van der Waals surface area contributed by atoms with Gasteiger partial charge in [0.05, 0.1) is 11.3 Å². The molecule has 0 radical (unpaired) electrons. The molecule has 2 atom stereocenters. The molecule has 0 spiro atoms. The van der Waals surface area contributed by atoms with Crippen LogP contribution in [0.15, 0.2) is 30.3 Å². The molecule has 1 aromatic rings. The van der Waals surface area contributed by atoms with Crippen molar-refractivity contribution in [2.24, 2.45) is 5.92 Å². The smallest absolute Gasteiger partial charge is 0.306 e. The summed E-state index contributed by atoms with van der Waals surface area (Å²) >= 11 is 0. The van der Waals surface area contributed by atoms with Gasteiger partial charge in [-0.05, 0) is 38.7 Å². The highest BCUT2D eigenvalue weighted by atomic mass is 16.4. The standard InChI is InChI=1S/C16H21NO3/c1-16(2,12-6-4-3-5-7-12)15(20)17-13-9-8-11(10-13)14(18)19/h3-7,11,13H,8-10H2,1-2H3,(H,17,20)(H,18,19). The summed E-state index contributed by atoms with van der Waals surface area (Å²) in [5, 5.41) is 12.0.